The molecule has 0 saturated carbocycles. The Morgan fingerprint density at radius 2 is 2.00 bits per heavy atom. The Morgan fingerprint density at radius 1 is 1.26 bits per heavy atom. The minimum Gasteiger partial charge on any atom is -0.508 e. The zero-order valence-corrected chi connectivity index (χ0v) is 16.4. The average Bonchev–Trinajstić information content (AvgIpc) is 3.32. The van der Waals surface area contributed by atoms with E-state index in [9.17, 15) is 20.1 Å². The van der Waals surface area contributed by atoms with Gasteiger partial charge in [0.2, 0.25) is 5.91 Å². The number of amides is 1. The third-order valence-corrected chi connectivity index (χ3v) is 5.25. The number of hydrogen-bond donors (Lipinski definition) is 6. The highest BCUT2D eigenvalue weighted by molar-refractivity contribution is 5.83. The molecule has 0 radical (unpaired) electrons. The first kappa shape index (κ1) is 20.9. The molecule has 1 amide bonds. The van der Waals surface area contributed by atoms with Crippen LogP contribution in [-0.4, -0.2) is 71.6 Å². The number of rotatable bonds is 6. The zero-order chi connectivity index (χ0) is 22.1. The normalized spacial score (nSPS) is 24.4. The van der Waals surface area contributed by atoms with Gasteiger partial charge in [0.1, 0.15) is 35.8 Å². The van der Waals surface area contributed by atoms with Gasteiger partial charge in [0, 0.05) is 0 Å². The van der Waals surface area contributed by atoms with E-state index in [1.54, 1.807) is 12.1 Å². The molecule has 2 aromatic heterocycles. The van der Waals surface area contributed by atoms with Crippen molar-refractivity contribution >= 4 is 22.9 Å². The number of carbonyl (C=O) groups excluding carboxylic acids is 1. The molecule has 0 spiro atoms. The molecule has 0 bridgehead atoms. The molecule has 12 nitrogen and oxygen atoms in total. The maximum absolute atomic E-state index is 12.8. The van der Waals surface area contributed by atoms with E-state index in [0.717, 1.165) is 5.56 Å². The lowest BCUT2D eigenvalue weighted by molar-refractivity contribution is -0.124. The molecule has 4 rings (SSSR count). The minimum absolute atomic E-state index is 0.114. The van der Waals surface area contributed by atoms with E-state index >= 15 is 0 Å². The molecule has 3 unspecified atom stereocenters. The fourth-order valence-electron chi connectivity index (χ4n) is 3.60. The number of nitrogens with zero attached hydrogens (tertiary/aromatic N) is 4. The van der Waals surface area contributed by atoms with Gasteiger partial charge in [0.25, 0.3) is 0 Å². The van der Waals surface area contributed by atoms with Crippen molar-refractivity contribution in [3.63, 3.8) is 0 Å². The summed E-state index contributed by atoms with van der Waals surface area (Å²) in [7, 11) is 0. The summed E-state index contributed by atoms with van der Waals surface area (Å²) in [6.07, 6.45) is -0.122. The van der Waals surface area contributed by atoms with Crippen molar-refractivity contribution in [2.75, 3.05) is 12.3 Å². The summed E-state index contributed by atoms with van der Waals surface area (Å²) in [4.78, 5) is 25.0. The summed E-state index contributed by atoms with van der Waals surface area (Å²) in [5.74, 6) is -0.219. The van der Waals surface area contributed by atoms with E-state index in [1.165, 1.54) is 29.4 Å². The van der Waals surface area contributed by atoms with Crippen LogP contribution in [0.5, 0.6) is 5.75 Å². The summed E-state index contributed by atoms with van der Waals surface area (Å²) < 4.78 is 7.29. The predicted molar refractivity (Wildman–Crippen MR) is 108 cm³/mol. The lowest BCUT2D eigenvalue weighted by Crippen LogP contribution is -2.52. The van der Waals surface area contributed by atoms with E-state index in [0.29, 0.717) is 11.2 Å². The fraction of sp³-hybridized carbons (Fsp3) is 0.368. The van der Waals surface area contributed by atoms with Crippen LogP contribution in [0.3, 0.4) is 0 Å². The smallest absolute Gasteiger partial charge is 0.237 e. The summed E-state index contributed by atoms with van der Waals surface area (Å²) in [6.45, 7) is -0.451. The van der Waals surface area contributed by atoms with E-state index < -0.39 is 43.0 Å². The number of ether oxygens (including phenoxy) is 1. The molecule has 31 heavy (non-hydrogen) atoms. The van der Waals surface area contributed by atoms with E-state index in [4.69, 9.17) is 16.2 Å². The van der Waals surface area contributed by atoms with Crippen LogP contribution in [0.4, 0.5) is 5.82 Å². The molecule has 8 N–H and O–H groups in total. The van der Waals surface area contributed by atoms with Crippen LogP contribution in [0.2, 0.25) is 0 Å². The number of nitrogens with one attached hydrogen (secondary N) is 1. The van der Waals surface area contributed by atoms with Crippen molar-refractivity contribution < 1.29 is 24.9 Å². The highest BCUT2D eigenvalue weighted by Crippen LogP contribution is 2.32. The van der Waals surface area contributed by atoms with E-state index in [2.05, 4.69) is 20.3 Å². The van der Waals surface area contributed by atoms with Gasteiger partial charge in [-0.1, -0.05) is 12.1 Å². The molecular weight excluding hydrogens is 406 g/mol. The number of aliphatic hydroxyl groups is 2. The highest BCUT2D eigenvalue weighted by atomic mass is 16.5. The predicted octanol–water partition coefficient (Wildman–Crippen LogP) is -1.58. The second kappa shape index (κ2) is 8.43. The standard InChI is InChI=1S/C19H23N7O5/c20-11(5-9-1-3-10(28)4-2-9)18(30)25-13-15(29)12(6-27)31-19(13)26-8-24-14-16(21)22-7-23-17(14)26/h1-4,7-8,11-13,15,19,27-29H,5-6,20H2,(H,25,30)(H2,21,22,23)/t11?,12-,13?,15?,19-/m1/s1. The van der Waals surface area contributed by atoms with Crippen LogP contribution in [0.25, 0.3) is 11.2 Å². The lowest BCUT2D eigenvalue weighted by Gasteiger charge is -2.24. The quantitative estimate of drug-likeness (QED) is 0.266. The Morgan fingerprint density at radius 3 is 2.71 bits per heavy atom. The lowest BCUT2D eigenvalue weighted by atomic mass is 10.0. The molecular formula is C19H23N7O5. The van der Waals surface area contributed by atoms with Crippen molar-refractivity contribution in [3.05, 3.63) is 42.5 Å². The number of aliphatic hydroxyl groups excluding tert-OH is 2. The van der Waals surface area contributed by atoms with Crippen LogP contribution in [0.1, 0.15) is 11.8 Å². The van der Waals surface area contributed by atoms with Crippen LogP contribution in [-0.2, 0) is 16.0 Å². The summed E-state index contributed by atoms with van der Waals surface area (Å²) >= 11 is 0. The molecule has 1 saturated heterocycles. The van der Waals surface area contributed by atoms with E-state index in [1.807, 2.05) is 0 Å². The monoisotopic (exact) mass is 429 g/mol. The van der Waals surface area contributed by atoms with Gasteiger partial charge in [-0.2, -0.15) is 0 Å². The number of hydrogen-bond acceptors (Lipinski definition) is 10. The molecule has 1 aromatic carbocycles. The van der Waals surface area contributed by atoms with Gasteiger partial charge in [-0.3, -0.25) is 9.36 Å². The molecule has 3 heterocycles. The van der Waals surface area contributed by atoms with E-state index in [-0.39, 0.29) is 18.0 Å². The third kappa shape index (κ3) is 4.01. The molecule has 1 aliphatic heterocycles. The van der Waals surface area contributed by atoms with Gasteiger partial charge in [0.15, 0.2) is 17.7 Å². The summed E-state index contributed by atoms with van der Waals surface area (Å²) in [5, 5.41) is 32.3. The molecule has 12 heteroatoms. The number of phenolic OH excluding ortho intramolecular Hbond substituents is 1. The van der Waals surface area contributed by atoms with Gasteiger partial charge < -0.3 is 36.8 Å². The molecule has 1 fully saturated rings. The van der Waals surface area contributed by atoms with Gasteiger partial charge in [-0.05, 0) is 24.1 Å². The molecule has 0 aliphatic carbocycles. The fourth-order valence-corrected chi connectivity index (χ4v) is 3.60. The molecule has 3 aromatic rings. The molecule has 164 valence electrons. The van der Waals surface area contributed by atoms with Crippen molar-refractivity contribution in [1.82, 2.24) is 24.8 Å². The zero-order valence-electron chi connectivity index (χ0n) is 16.4. The topological polar surface area (TPSA) is 195 Å². The SMILES string of the molecule is Nc1ncnc2c1ncn2[C@@H]1O[C@H](CO)C(O)C1NC(=O)C(N)Cc1ccc(O)cc1. The van der Waals surface area contributed by atoms with Gasteiger partial charge >= 0.3 is 0 Å². The Kier molecular flexibility index (Phi) is 5.69. The van der Waals surface area contributed by atoms with Gasteiger partial charge in [-0.15, -0.1) is 0 Å². The first-order chi connectivity index (χ1) is 14.9. The summed E-state index contributed by atoms with van der Waals surface area (Å²) in [6, 6.07) is 4.51. The number of aromatic hydroxyl groups is 1. The van der Waals surface area contributed by atoms with Crippen LogP contribution < -0.4 is 16.8 Å². The maximum Gasteiger partial charge on any atom is 0.237 e. The van der Waals surface area contributed by atoms with Crippen molar-refractivity contribution in [2.24, 2.45) is 5.73 Å². The van der Waals surface area contributed by atoms with Crippen LogP contribution in [0, 0.1) is 0 Å². The van der Waals surface area contributed by atoms with Crippen molar-refractivity contribution in [1.29, 1.82) is 0 Å². The number of phenols is 1. The third-order valence-electron chi connectivity index (χ3n) is 5.25. The van der Waals surface area contributed by atoms with Crippen molar-refractivity contribution in [2.45, 2.75) is 36.9 Å². The molecule has 5 atom stereocenters. The number of fused-ring (bicyclic) bond motifs is 1. The van der Waals surface area contributed by atoms with Crippen LogP contribution in [0.15, 0.2) is 36.9 Å². The number of anilines is 1. The summed E-state index contributed by atoms with van der Waals surface area (Å²) in [5.41, 5.74) is 13.3. The number of benzene rings is 1. The van der Waals surface area contributed by atoms with Crippen molar-refractivity contribution in [3.8, 4) is 5.75 Å². The number of imidazole rings is 1. The molecule has 1 aliphatic rings. The highest BCUT2D eigenvalue weighted by Gasteiger charge is 2.46. The largest absolute Gasteiger partial charge is 0.508 e. The number of nitrogen functional groups attached to an aromatic ring is 1. The second-order valence-electron chi connectivity index (χ2n) is 7.33. The number of nitrogens with two attached hydrogens (primary N) is 2. The number of aromatic nitrogens is 4. The first-order valence-corrected chi connectivity index (χ1v) is 9.60. The minimum atomic E-state index is -1.20. The number of carbonyl (C=O) groups is 1. The van der Waals surface area contributed by atoms with Gasteiger partial charge in [0.05, 0.1) is 19.0 Å². The Hall–Kier alpha value is -3.32. The Labute approximate surface area is 176 Å². The maximum atomic E-state index is 12.8. The average molecular weight is 429 g/mol. The Balaban J connectivity index is 1.56. The van der Waals surface area contributed by atoms with Crippen LogP contribution >= 0.6 is 0 Å². The van der Waals surface area contributed by atoms with Gasteiger partial charge in [-0.25, -0.2) is 15.0 Å². The second-order valence-corrected chi connectivity index (χ2v) is 7.33. The first-order valence-electron chi connectivity index (χ1n) is 9.60. The Bertz CT molecular complexity index is 1070.